The summed E-state index contributed by atoms with van der Waals surface area (Å²) in [6.07, 6.45) is 3.08. The number of anilines is 1. The monoisotopic (exact) mass is 319 g/mol. The Labute approximate surface area is 140 Å². The van der Waals surface area contributed by atoms with Crippen molar-refractivity contribution in [3.8, 4) is 17.1 Å². The number of amides is 1. The summed E-state index contributed by atoms with van der Waals surface area (Å²) in [6.45, 7) is 0. The lowest BCUT2D eigenvalue weighted by molar-refractivity contribution is -0.111. The van der Waals surface area contributed by atoms with E-state index >= 15 is 0 Å². The molecular formula is C20H17NO3. The van der Waals surface area contributed by atoms with E-state index in [2.05, 4.69) is 5.32 Å². The van der Waals surface area contributed by atoms with E-state index in [9.17, 15) is 4.79 Å². The average Bonchev–Trinajstić information content (AvgIpc) is 3.10. The summed E-state index contributed by atoms with van der Waals surface area (Å²) >= 11 is 0. The van der Waals surface area contributed by atoms with Crippen molar-refractivity contribution in [2.24, 2.45) is 0 Å². The Balaban J connectivity index is 1.65. The highest BCUT2D eigenvalue weighted by atomic mass is 16.5. The van der Waals surface area contributed by atoms with Gasteiger partial charge in [0.15, 0.2) is 0 Å². The van der Waals surface area contributed by atoms with Crippen molar-refractivity contribution >= 4 is 17.7 Å². The predicted octanol–water partition coefficient (Wildman–Crippen LogP) is 4.61. The van der Waals surface area contributed by atoms with Crippen molar-refractivity contribution in [3.63, 3.8) is 0 Å². The number of furan rings is 1. The SMILES string of the molecule is COc1cccc(NC(=O)/C=C/c2ccc(-c3ccccc3)o2)c1. The lowest BCUT2D eigenvalue weighted by Crippen LogP contribution is -2.07. The van der Waals surface area contributed by atoms with Crippen LogP contribution in [0.25, 0.3) is 17.4 Å². The van der Waals surface area contributed by atoms with Crippen LogP contribution in [0.15, 0.2) is 77.2 Å². The molecule has 1 amide bonds. The molecule has 0 aliphatic carbocycles. The van der Waals surface area contributed by atoms with Crippen LogP contribution in [-0.4, -0.2) is 13.0 Å². The smallest absolute Gasteiger partial charge is 0.248 e. The maximum absolute atomic E-state index is 12.0. The minimum Gasteiger partial charge on any atom is -0.497 e. The molecule has 24 heavy (non-hydrogen) atoms. The zero-order chi connectivity index (χ0) is 16.8. The van der Waals surface area contributed by atoms with Gasteiger partial charge in [0, 0.05) is 23.4 Å². The van der Waals surface area contributed by atoms with Gasteiger partial charge in [0.2, 0.25) is 5.91 Å². The second-order valence-corrected chi connectivity index (χ2v) is 5.12. The molecule has 0 aliphatic rings. The van der Waals surface area contributed by atoms with Crippen molar-refractivity contribution in [3.05, 3.63) is 78.6 Å². The van der Waals surface area contributed by atoms with E-state index in [0.717, 1.165) is 11.3 Å². The van der Waals surface area contributed by atoms with Crippen LogP contribution in [0, 0.1) is 0 Å². The van der Waals surface area contributed by atoms with Crippen LogP contribution in [0.1, 0.15) is 5.76 Å². The van der Waals surface area contributed by atoms with Gasteiger partial charge in [-0.25, -0.2) is 0 Å². The third kappa shape index (κ3) is 3.93. The highest BCUT2D eigenvalue weighted by Gasteiger charge is 2.03. The van der Waals surface area contributed by atoms with E-state index in [1.807, 2.05) is 54.6 Å². The number of hydrogen-bond acceptors (Lipinski definition) is 3. The molecule has 0 radical (unpaired) electrons. The first-order valence-electron chi connectivity index (χ1n) is 7.53. The molecule has 1 aromatic heterocycles. The zero-order valence-corrected chi connectivity index (χ0v) is 13.2. The molecule has 0 fully saturated rings. The number of ether oxygens (including phenoxy) is 1. The Morgan fingerprint density at radius 2 is 1.88 bits per heavy atom. The number of methoxy groups -OCH3 is 1. The first-order chi connectivity index (χ1) is 11.7. The number of carbonyl (C=O) groups excluding carboxylic acids is 1. The normalized spacial score (nSPS) is 10.7. The molecule has 120 valence electrons. The van der Waals surface area contributed by atoms with Crippen LogP contribution in [0.2, 0.25) is 0 Å². The number of hydrogen-bond donors (Lipinski definition) is 1. The van der Waals surface area contributed by atoms with Crippen molar-refractivity contribution in [1.82, 2.24) is 0 Å². The Hall–Kier alpha value is -3.27. The quantitative estimate of drug-likeness (QED) is 0.699. The van der Waals surface area contributed by atoms with E-state index in [4.69, 9.17) is 9.15 Å². The van der Waals surface area contributed by atoms with Crippen LogP contribution in [0.4, 0.5) is 5.69 Å². The van der Waals surface area contributed by atoms with Gasteiger partial charge in [0.25, 0.3) is 0 Å². The fraction of sp³-hybridized carbons (Fsp3) is 0.0500. The molecule has 3 aromatic rings. The van der Waals surface area contributed by atoms with Gasteiger partial charge in [-0.3, -0.25) is 4.79 Å². The van der Waals surface area contributed by atoms with Crippen molar-refractivity contribution in [2.75, 3.05) is 12.4 Å². The number of nitrogens with one attached hydrogen (secondary N) is 1. The van der Waals surface area contributed by atoms with Gasteiger partial charge in [-0.05, 0) is 30.3 Å². The molecule has 0 unspecified atom stereocenters. The molecule has 0 saturated heterocycles. The molecule has 0 bridgehead atoms. The molecule has 0 atom stereocenters. The molecule has 0 aliphatic heterocycles. The standard InChI is InChI=1S/C20H17NO3/c1-23-18-9-5-8-16(14-18)21-20(22)13-11-17-10-12-19(24-17)15-6-3-2-4-7-15/h2-14H,1H3,(H,21,22)/b13-11+. The highest BCUT2D eigenvalue weighted by Crippen LogP contribution is 2.22. The second-order valence-electron chi connectivity index (χ2n) is 5.12. The Bertz CT molecular complexity index is 850. The molecule has 0 spiro atoms. The summed E-state index contributed by atoms with van der Waals surface area (Å²) in [5, 5.41) is 2.78. The summed E-state index contributed by atoms with van der Waals surface area (Å²) in [5.41, 5.74) is 1.67. The van der Waals surface area contributed by atoms with E-state index < -0.39 is 0 Å². The number of rotatable bonds is 5. The summed E-state index contributed by atoms with van der Waals surface area (Å²) < 4.78 is 10.8. The zero-order valence-electron chi connectivity index (χ0n) is 13.2. The molecule has 3 rings (SSSR count). The van der Waals surface area contributed by atoms with Crippen molar-refractivity contribution in [2.45, 2.75) is 0 Å². The Morgan fingerprint density at radius 3 is 2.67 bits per heavy atom. The van der Waals surface area contributed by atoms with Gasteiger partial charge in [0.1, 0.15) is 17.3 Å². The van der Waals surface area contributed by atoms with Crippen LogP contribution in [0.5, 0.6) is 5.75 Å². The molecule has 2 aromatic carbocycles. The molecule has 0 saturated carbocycles. The lowest BCUT2D eigenvalue weighted by atomic mass is 10.2. The van der Waals surface area contributed by atoms with Crippen LogP contribution in [0.3, 0.4) is 0 Å². The topological polar surface area (TPSA) is 51.5 Å². The maximum atomic E-state index is 12.0. The fourth-order valence-corrected chi connectivity index (χ4v) is 2.24. The highest BCUT2D eigenvalue weighted by molar-refractivity contribution is 6.01. The van der Waals surface area contributed by atoms with Gasteiger partial charge in [-0.2, -0.15) is 0 Å². The van der Waals surface area contributed by atoms with Gasteiger partial charge < -0.3 is 14.5 Å². The average molecular weight is 319 g/mol. The van der Waals surface area contributed by atoms with Gasteiger partial charge in [-0.15, -0.1) is 0 Å². The first kappa shape index (κ1) is 15.6. The van der Waals surface area contributed by atoms with E-state index in [1.54, 1.807) is 25.3 Å². The van der Waals surface area contributed by atoms with Crippen molar-refractivity contribution in [1.29, 1.82) is 0 Å². The minimum atomic E-state index is -0.235. The molecule has 4 nitrogen and oxygen atoms in total. The number of benzene rings is 2. The summed E-state index contributed by atoms with van der Waals surface area (Å²) in [6, 6.07) is 20.7. The van der Waals surface area contributed by atoms with Gasteiger partial charge in [0.05, 0.1) is 7.11 Å². The summed E-state index contributed by atoms with van der Waals surface area (Å²) in [7, 11) is 1.59. The van der Waals surface area contributed by atoms with E-state index in [0.29, 0.717) is 17.2 Å². The molecule has 1 heterocycles. The second kappa shape index (κ2) is 7.33. The predicted molar refractivity (Wildman–Crippen MR) is 94.8 cm³/mol. The maximum Gasteiger partial charge on any atom is 0.248 e. The Kier molecular flexibility index (Phi) is 4.77. The van der Waals surface area contributed by atoms with Gasteiger partial charge >= 0.3 is 0 Å². The molecule has 1 N–H and O–H groups in total. The Morgan fingerprint density at radius 1 is 1.04 bits per heavy atom. The number of carbonyl (C=O) groups is 1. The third-order valence-electron chi connectivity index (χ3n) is 3.42. The van der Waals surface area contributed by atoms with Crippen LogP contribution in [-0.2, 0) is 4.79 Å². The largest absolute Gasteiger partial charge is 0.497 e. The molecule has 4 heteroatoms. The fourth-order valence-electron chi connectivity index (χ4n) is 2.24. The van der Waals surface area contributed by atoms with Gasteiger partial charge in [-0.1, -0.05) is 36.4 Å². The molecular weight excluding hydrogens is 302 g/mol. The minimum absolute atomic E-state index is 0.235. The summed E-state index contributed by atoms with van der Waals surface area (Å²) in [5.74, 6) is 1.84. The van der Waals surface area contributed by atoms with Crippen molar-refractivity contribution < 1.29 is 13.9 Å². The lowest BCUT2D eigenvalue weighted by Gasteiger charge is -2.04. The third-order valence-corrected chi connectivity index (χ3v) is 3.42. The van der Waals surface area contributed by atoms with E-state index in [-0.39, 0.29) is 5.91 Å². The first-order valence-corrected chi connectivity index (χ1v) is 7.53. The van der Waals surface area contributed by atoms with Crippen LogP contribution >= 0.6 is 0 Å². The van der Waals surface area contributed by atoms with Crippen LogP contribution < -0.4 is 10.1 Å². The van der Waals surface area contributed by atoms with E-state index in [1.165, 1.54) is 6.08 Å². The summed E-state index contributed by atoms with van der Waals surface area (Å²) in [4.78, 5) is 12.0.